The molecule has 0 N–H and O–H groups in total. The van der Waals surface area contributed by atoms with E-state index < -0.39 is 0 Å². The zero-order valence-electron chi connectivity index (χ0n) is 8.74. The molecular formula is C12H10ClNO2. The summed E-state index contributed by atoms with van der Waals surface area (Å²) in [6.07, 6.45) is 1.58. The number of hydrogen-bond donors (Lipinski definition) is 0. The Morgan fingerprint density at radius 1 is 1.38 bits per heavy atom. The lowest BCUT2D eigenvalue weighted by molar-refractivity contribution is 0.0528. The predicted molar refractivity (Wildman–Crippen MR) is 62.7 cm³/mol. The number of halogens is 1. The Morgan fingerprint density at radius 2 is 2.19 bits per heavy atom. The topological polar surface area (TPSA) is 39.2 Å². The van der Waals surface area contributed by atoms with E-state index in [9.17, 15) is 4.79 Å². The lowest BCUT2D eigenvalue weighted by Crippen LogP contribution is -2.05. The van der Waals surface area contributed by atoms with Gasteiger partial charge in [-0.2, -0.15) is 0 Å². The summed E-state index contributed by atoms with van der Waals surface area (Å²) in [6.45, 7) is 2.13. The molecule has 0 fully saturated rings. The van der Waals surface area contributed by atoms with Crippen molar-refractivity contribution >= 4 is 28.3 Å². The van der Waals surface area contributed by atoms with E-state index in [1.54, 1.807) is 31.3 Å². The summed E-state index contributed by atoms with van der Waals surface area (Å²) in [6, 6.07) is 7.07. The van der Waals surface area contributed by atoms with Gasteiger partial charge in [-0.25, -0.2) is 9.78 Å². The van der Waals surface area contributed by atoms with E-state index >= 15 is 0 Å². The molecule has 0 saturated heterocycles. The summed E-state index contributed by atoms with van der Waals surface area (Å²) >= 11 is 5.95. The molecule has 4 heteroatoms. The van der Waals surface area contributed by atoms with Gasteiger partial charge in [-0.05, 0) is 19.1 Å². The maximum absolute atomic E-state index is 11.7. The first-order valence-electron chi connectivity index (χ1n) is 4.94. The van der Waals surface area contributed by atoms with Gasteiger partial charge in [0.25, 0.3) is 0 Å². The van der Waals surface area contributed by atoms with Crippen LogP contribution in [0.2, 0.25) is 5.15 Å². The first kappa shape index (κ1) is 10.9. The molecule has 1 heterocycles. The van der Waals surface area contributed by atoms with Crippen molar-refractivity contribution in [1.82, 2.24) is 4.98 Å². The summed E-state index contributed by atoms with van der Waals surface area (Å²) in [7, 11) is 0. The Bertz CT molecular complexity index is 540. The van der Waals surface area contributed by atoms with Gasteiger partial charge in [0.2, 0.25) is 0 Å². The Balaban J connectivity index is 2.62. The number of aromatic nitrogens is 1. The first-order chi connectivity index (χ1) is 7.74. The van der Waals surface area contributed by atoms with Gasteiger partial charge < -0.3 is 4.74 Å². The number of benzene rings is 1. The number of pyridine rings is 1. The molecule has 0 radical (unpaired) electrons. The van der Waals surface area contributed by atoms with Crippen molar-refractivity contribution in [3.8, 4) is 0 Å². The maximum Gasteiger partial charge on any atom is 0.338 e. The number of fused-ring (bicyclic) bond motifs is 1. The minimum absolute atomic E-state index is 0.338. The second-order valence-corrected chi connectivity index (χ2v) is 3.58. The fourth-order valence-corrected chi connectivity index (χ4v) is 1.78. The van der Waals surface area contributed by atoms with E-state index in [4.69, 9.17) is 16.3 Å². The number of carbonyl (C=O) groups excluding carboxylic acids is 1. The van der Waals surface area contributed by atoms with Gasteiger partial charge in [0.05, 0.1) is 12.2 Å². The van der Waals surface area contributed by atoms with Crippen LogP contribution in [0.1, 0.15) is 17.3 Å². The van der Waals surface area contributed by atoms with Crippen LogP contribution >= 0.6 is 11.6 Å². The van der Waals surface area contributed by atoms with Crippen LogP contribution in [0, 0.1) is 0 Å². The summed E-state index contributed by atoms with van der Waals surface area (Å²) < 4.78 is 4.97. The van der Waals surface area contributed by atoms with Crippen LogP contribution in [-0.2, 0) is 4.74 Å². The molecule has 1 aromatic heterocycles. The predicted octanol–water partition coefficient (Wildman–Crippen LogP) is 3.06. The van der Waals surface area contributed by atoms with Crippen molar-refractivity contribution in [2.45, 2.75) is 6.92 Å². The summed E-state index contributed by atoms with van der Waals surface area (Å²) in [4.78, 5) is 15.7. The summed E-state index contributed by atoms with van der Waals surface area (Å²) in [5.41, 5.74) is 0.517. The molecule has 82 valence electrons. The van der Waals surface area contributed by atoms with E-state index in [2.05, 4.69) is 4.98 Å². The molecule has 0 unspecified atom stereocenters. The monoisotopic (exact) mass is 235 g/mol. The fraction of sp³-hybridized carbons (Fsp3) is 0.167. The Labute approximate surface area is 98.0 Å². The molecule has 2 rings (SSSR count). The van der Waals surface area contributed by atoms with Crippen molar-refractivity contribution < 1.29 is 9.53 Å². The van der Waals surface area contributed by atoms with Crippen molar-refractivity contribution in [3.63, 3.8) is 0 Å². The number of nitrogens with zero attached hydrogens (tertiary/aromatic N) is 1. The van der Waals surface area contributed by atoms with Crippen molar-refractivity contribution in [2.75, 3.05) is 6.61 Å². The van der Waals surface area contributed by atoms with E-state index in [-0.39, 0.29) is 5.97 Å². The van der Waals surface area contributed by atoms with Crippen LogP contribution in [0.4, 0.5) is 0 Å². The second kappa shape index (κ2) is 4.49. The third kappa shape index (κ3) is 1.86. The lowest BCUT2D eigenvalue weighted by atomic mass is 10.1. The third-order valence-electron chi connectivity index (χ3n) is 2.25. The molecule has 0 aliphatic carbocycles. The van der Waals surface area contributed by atoms with E-state index in [1.807, 2.05) is 6.07 Å². The number of ether oxygens (including phenoxy) is 1. The smallest absolute Gasteiger partial charge is 0.338 e. The molecule has 16 heavy (non-hydrogen) atoms. The number of rotatable bonds is 2. The largest absolute Gasteiger partial charge is 0.462 e. The zero-order chi connectivity index (χ0) is 11.5. The van der Waals surface area contributed by atoms with Gasteiger partial charge in [0, 0.05) is 17.0 Å². The highest BCUT2D eigenvalue weighted by molar-refractivity contribution is 6.34. The minimum atomic E-state index is -0.338. The average molecular weight is 236 g/mol. The normalized spacial score (nSPS) is 10.4. The molecular weight excluding hydrogens is 226 g/mol. The van der Waals surface area contributed by atoms with Crippen LogP contribution in [0.5, 0.6) is 0 Å². The minimum Gasteiger partial charge on any atom is -0.462 e. The molecule has 0 amide bonds. The molecule has 0 bridgehead atoms. The summed E-state index contributed by atoms with van der Waals surface area (Å²) in [5.74, 6) is -0.338. The number of esters is 1. The van der Waals surface area contributed by atoms with Gasteiger partial charge in [-0.1, -0.05) is 23.7 Å². The second-order valence-electron chi connectivity index (χ2n) is 3.22. The van der Waals surface area contributed by atoms with E-state index in [0.717, 1.165) is 10.8 Å². The first-order valence-corrected chi connectivity index (χ1v) is 5.32. The SMILES string of the molecule is CCOC(=O)c1cccc2c(Cl)nccc12. The van der Waals surface area contributed by atoms with Crippen LogP contribution in [0.25, 0.3) is 10.8 Å². The van der Waals surface area contributed by atoms with Crippen molar-refractivity contribution in [2.24, 2.45) is 0 Å². The Kier molecular flexibility index (Phi) is 3.06. The fourth-order valence-electron chi connectivity index (χ4n) is 1.56. The zero-order valence-corrected chi connectivity index (χ0v) is 9.49. The molecule has 1 aromatic carbocycles. The molecule has 0 atom stereocenters. The quantitative estimate of drug-likeness (QED) is 0.593. The molecule has 0 aliphatic heterocycles. The van der Waals surface area contributed by atoms with Gasteiger partial charge in [-0.3, -0.25) is 0 Å². The van der Waals surface area contributed by atoms with Crippen LogP contribution in [-0.4, -0.2) is 17.6 Å². The van der Waals surface area contributed by atoms with Crippen molar-refractivity contribution in [1.29, 1.82) is 0 Å². The van der Waals surface area contributed by atoms with Crippen molar-refractivity contribution in [3.05, 3.63) is 41.2 Å². The van der Waals surface area contributed by atoms with Gasteiger partial charge in [-0.15, -0.1) is 0 Å². The van der Waals surface area contributed by atoms with Gasteiger partial charge in [0.1, 0.15) is 5.15 Å². The number of carbonyl (C=O) groups is 1. The maximum atomic E-state index is 11.7. The standard InChI is InChI=1S/C12H10ClNO2/c1-2-16-12(15)10-5-3-4-9-8(10)6-7-14-11(9)13/h3-7H,2H2,1H3. The number of hydrogen-bond acceptors (Lipinski definition) is 3. The molecule has 2 aromatic rings. The highest BCUT2D eigenvalue weighted by atomic mass is 35.5. The molecule has 0 aliphatic rings. The van der Waals surface area contributed by atoms with Crippen LogP contribution in [0.15, 0.2) is 30.5 Å². The highest BCUT2D eigenvalue weighted by Gasteiger charge is 2.11. The molecule has 3 nitrogen and oxygen atoms in total. The van der Waals surface area contributed by atoms with E-state index in [0.29, 0.717) is 17.3 Å². The van der Waals surface area contributed by atoms with Gasteiger partial charge in [0.15, 0.2) is 0 Å². The van der Waals surface area contributed by atoms with Crippen LogP contribution in [0.3, 0.4) is 0 Å². The Hall–Kier alpha value is -1.61. The average Bonchev–Trinajstić information content (AvgIpc) is 2.29. The van der Waals surface area contributed by atoms with Gasteiger partial charge >= 0.3 is 5.97 Å². The molecule has 0 saturated carbocycles. The molecule has 0 spiro atoms. The van der Waals surface area contributed by atoms with E-state index in [1.165, 1.54) is 0 Å². The van der Waals surface area contributed by atoms with Crippen LogP contribution < -0.4 is 0 Å². The third-order valence-corrected chi connectivity index (χ3v) is 2.55. The lowest BCUT2D eigenvalue weighted by Gasteiger charge is -2.06. The summed E-state index contributed by atoms with van der Waals surface area (Å²) in [5, 5.41) is 1.92. The Morgan fingerprint density at radius 3 is 2.94 bits per heavy atom. The highest BCUT2D eigenvalue weighted by Crippen LogP contribution is 2.24.